The van der Waals surface area contributed by atoms with Gasteiger partial charge in [-0.15, -0.1) is 0 Å². The van der Waals surface area contributed by atoms with Crippen LogP contribution in [0.1, 0.15) is 37.5 Å². The van der Waals surface area contributed by atoms with Crippen LogP contribution in [0.5, 0.6) is 0 Å². The van der Waals surface area contributed by atoms with E-state index in [-0.39, 0.29) is 11.8 Å². The largest absolute Gasteiger partial charge is 0.348 e. The lowest BCUT2D eigenvalue weighted by Crippen LogP contribution is -2.32. The van der Waals surface area contributed by atoms with Gasteiger partial charge >= 0.3 is 0 Å². The molecule has 2 aromatic carbocycles. The van der Waals surface area contributed by atoms with E-state index in [4.69, 9.17) is 0 Å². The molecule has 6 heteroatoms. The van der Waals surface area contributed by atoms with Gasteiger partial charge in [-0.2, -0.15) is 0 Å². The molecule has 180 valence electrons. The minimum absolute atomic E-state index is 0.00722. The summed E-state index contributed by atoms with van der Waals surface area (Å²) >= 11 is 0. The number of carbonyl (C=O) groups excluding carboxylic acids is 2. The van der Waals surface area contributed by atoms with Gasteiger partial charge in [0, 0.05) is 55.7 Å². The molecule has 6 nitrogen and oxygen atoms in total. The third kappa shape index (κ3) is 5.13. The van der Waals surface area contributed by atoms with E-state index in [1.54, 1.807) is 12.3 Å². The van der Waals surface area contributed by atoms with Crippen molar-refractivity contribution >= 4 is 11.8 Å². The lowest BCUT2D eigenvalue weighted by molar-refractivity contribution is 0.0776. The van der Waals surface area contributed by atoms with E-state index >= 15 is 0 Å². The van der Waals surface area contributed by atoms with Crippen LogP contribution in [0.15, 0.2) is 60.8 Å². The van der Waals surface area contributed by atoms with Gasteiger partial charge < -0.3 is 15.1 Å². The van der Waals surface area contributed by atoms with Gasteiger partial charge in [0.15, 0.2) is 0 Å². The molecule has 2 fully saturated rings. The van der Waals surface area contributed by atoms with E-state index in [0.717, 1.165) is 48.6 Å². The predicted molar refractivity (Wildman–Crippen MR) is 137 cm³/mol. The number of nitrogens with zero attached hydrogens (tertiary/aromatic N) is 3. The monoisotopic (exact) mass is 468 g/mol. The maximum atomic E-state index is 13.6. The molecular weight excluding hydrogens is 436 g/mol. The molecule has 2 aliphatic heterocycles. The third-order valence-corrected chi connectivity index (χ3v) is 7.21. The predicted octanol–water partition coefficient (Wildman–Crippen LogP) is 3.93. The molecule has 0 aliphatic carbocycles. The topological polar surface area (TPSA) is 65.5 Å². The number of aryl methyl sites for hydroxylation is 2. The number of nitrogens with one attached hydrogen (secondary N) is 1. The van der Waals surface area contributed by atoms with Gasteiger partial charge in [0.05, 0.1) is 0 Å². The quantitative estimate of drug-likeness (QED) is 0.616. The Labute approximate surface area is 207 Å². The fourth-order valence-electron chi connectivity index (χ4n) is 5.26. The average molecular weight is 469 g/mol. The van der Waals surface area contributed by atoms with E-state index in [0.29, 0.717) is 29.5 Å². The lowest BCUT2D eigenvalue weighted by Gasteiger charge is -2.20. The Kier molecular flexibility index (Phi) is 6.39. The first-order chi connectivity index (χ1) is 16.9. The van der Waals surface area contributed by atoms with Crippen LogP contribution in [0.4, 0.5) is 0 Å². The number of aromatic nitrogens is 1. The average Bonchev–Trinajstić information content (AvgIpc) is 3.40. The number of hydrogen-bond donors (Lipinski definition) is 1. The van der Waals surface area contributed by atoms with Crippen LogP contribution in [-0.2, 0) is 6.54 Å². The molecule has 0 bridgehead atoms. The summed E-state index contributed by atoms with van der Waals surface area (Å²) in [5.41, 5.74) is 5.96. The number of pyridine rings is 1. The molecule has 2 aliphatic rings. The van der Waals surface area contributed by atoms with Crippen LogP contribution >= 0.6 is 0 Å². The number of amides is 2. The van der Waals surface area contributed by atoms with Crippen molar-refractivity contribution in [2.24, 2.45) is 11.8 Å². The van der Waals surface area contributed by atoms with Crippen molar-refractivity contribution in [3.8, 4) is 11.1 Å². The smallest absolute Gasteiger partial charge is 0.253 e. The number of rotatable bonds is 5. The first kappa shape index (κ1) is 23.2. The fourth-order valence-corrected chi connectivity index (χ4v) is 5.26. The standard InChI is InChI=1S/C29H32N4O2/c1-19-4-8-22(9-5-19)23-10-24(28(34)31-14-21-7-6-20(2)30-13-21)12-25(11-23)29(35)33-17-26-15-32(3)16-27(26)18-33/h4-13,26-27H,14-18H2,1-3H3,(H,31,34). The van der Waals surface area contributed by atoms with Gasteiger partial charge in [0.2, 0.25) is 0 Å². The maximum Gasteiger partial charge on any atom is 0.253 e. The van der Waals surface area contributed by atoms with Crippen LogP contribution in [-0.4, -0.2) is 59.8 Å². The minimum Gasteiger partial charge on any atom is -0.348 e. The zero-order valence-electron chi connectivity index (χ0n) is 20.6. The summed E-state index contributed by atoms with van der Waals surface area (Å²) in [6, 6.07) is 17.6. The Morgan fingerprint density at radius 2 is 1.57 bits per heavy atom. The Morgan fingerprint density at radius 1 is 0.886 bits per heavy atom. The van der Waals surface area contributed by atoms with Gasteiger partial charge in [-0.25, -0.2) is 0 Å². The van der Waals surface area contributed by atoms with E-state index in [9.17, 15) is 9.59 Å². The van der Waals surface area contributed by atoms with Gasteiger partial charge in [-0.1, -0.05) is 35.9 Å². The molecule has 3 heterocycles. The molecule has 0 radical (unpaired) electrons. The van der Waals surface area contributed by atoms with Crippen molar-refractivity contribution in [1.29, 1.82) is 0 Å². The van der Waals surface area contributed by atoms with E-state index < -0.39 is 0 Å². The molecule has 2 amide bonds. The molecule has 2 atom stereocenters. The Morgan fingerprint density at radius 3 is 2.23 bits per heavy atom. The van der Waals surface area contributed by atoms with Crippen LogP contribution in [0.25, 0.3) is 11.1 Å². The zero-order valence-corrected chi connectivity index (χ0v) is 20.6. The Hall–Kier alpha value is -3.51. The normalized spacial score (nSPS) is 19.6. The highest BCUT2D eigenvalue weighted by Gasteiger charge is 2.40. The zero-order chi connectivity index (χ0) is 24.5. The number of carbonyl (C=O) groups is 2. The highest BCUT2D eigenvalue weighted by molar-refractivity contribution is 6.01. The summed E-state index contributed by atoms with van der Waals surface area (Å²) in [5.74, 6) is 0.881. The van der Waals surface area contributed by atoms with Crippen molar-refractivity contribution in [2.75, 3.05) is 33.2 Å². The Bertz CT molecular complexity index is 1220. The van der Waals surface area contributed by atoms with Gasteiger partial charge in [0.1, 0.15) is 0 Å². The molecule has 0 spiro atoms. The lowest BCUT2D eigenvalue weighted by atomic mass is 9.98. The summed E-state index contributed by atoms with van der Waals surface area (Å²) in [7, 11) is 2.15. The summed E-state index contributed by atoms with van der Waals surface area (Å²) in [4.78, 5) is 35.3. The minimum atomic E-state index is -0.200. The number of likely N-dealkylation sites (tertiary alicyclic amines) is 2. The summed E-state index contributed by atoms with van der Waals surface area (Å²) in [6.07, 6.45) is 1.77. The molecule has 1 aromatic heterocycles. The van der Waals surface area contributed by atoms with Crippen molar-refractivity contribution in [1.82, 2.24) is 20.1 Å². The second kappa shape index (κ2) is 9.62. The van der Waals surface area contributed by atoms with E-state index in [1.165, 1.54) is 5.56 Å². The third-order valence-electron chi connectivity index (χ3n) is 7.21. The van der Waals surface area contributed by atoms with E-state index in [1.807, 2.05) is 67.3 Å². The maximum absolute atomic E-state index is 13.6. The van der Waals surface area contributed by atoms with E-state index in [2.05, 4.69) is 22.2 Å². The van der Waals surface area contributed by atoms with Gasteiger partial charge in [-0.3, -0.25) is 14.6 Å². The number of hydrogen-bond acceptors (Lipinski definition) is 4. The molecule has 0 saturated carbocycles. The van der Waals surface area contributed by atoms with Gasteiger partial charge in [0.25, 0.3) is 11.8 Å². The molecular formula is C29H32N4O2. The number of benzene rings is 2. The fraction of sp³-hybridized carbons (Fsp3) is 0.345. The molecule has 3 aromatic rings. The summed E-state index contributed by atoms with van der Waals surface area (Å²) < 4.78 is 0. The van der Waals surface area contributed by atoms with Crippen molar-refractivity contribution < 1.29 is 9.59 Å². The molecule has 5 rings (SSSR count). The van der Waals surface area contributed by atoms with Crippen LogP contribution in [0.2, 0.25) is 0 Å². The second-order valence-corrected chi connectivity index (χ2v) is 10.1. The molecule has 2 saturated heterocycles. The molecule has 2 unspecified atom stereocenters. The Balaban J connectivity index is 1.41. The summed E-state index contributed by atoms with van der Waals surface area (Å²) in [5, 5.41) is 2.99. The molecule has 1 N–H and O–H groups in total. The highest BCUT2D eigenvalue weighted by atomic mass is 16.2. The van der Waals surface area contributed by atoms with Crippen molar-refractivity contribution in [3.63, 3.8) is 0 Å². The van der Waals surface area contributed by atoms with Crippen LogP contribution in [0.3, 0.4) is 0 Å². The summed E-state index contributed by atoms with van der Waals surface area (Å²) in [6.45, 7) is 8.01. The van der Waals surface area contributed by atoms with Crippen molar-refractivity contribution in [3.05, 3.63) is 88.7 Å². The van der Waals surface area contributed by atoms with Crippen LogP contribution < -0.4 is 5.32 Å². The first-order valence-corrected chi connectivity index (χ1v) is 12.3. The SMILES string of the molecule is Cc1ccc(-c2cc(C(=O)NCc3ccc(C)nc3)cc(C(=O)N3CC4CN(C)CC4C3)c2)cc1. The second-order valence-electron chi connectivity index (χ2n) is 10.1. The first-order valence-electron chi connectivity index (χ1n) is 12.3. The molecule has 35 heavy (non-hydrogen) atoms. The van der Waals surface area contributed by atoms with Crippen LogP contribution in [0, 0.1) is 25.7 Å². The number of fused-ring (bicyclic) bond motifs is 1. The van der Waals surface area contributed by atoms with Gasteiger partial charge in [-0.05, 0) is 73.7 Å². The highest BCUT2D eigenvalue weighted by Crippen LogP contribution is 2.32. The van der Waals surface area contributed by atoms with Crippen molar-refractivity contribution in [2.45, 2.75) is 20.4 Å².